The maximum absolute atomic E-state index is 6.27. The topological polar surface area (TPSA) is 35.2 Å². The molecule has 0 aromatic heterocycles. The number of hydrogen-bond acceptors (Lipinski definition) is 2. The molecule has 0 heterocycles. The summed E-state index contributed by atoms with van der Waals surface area (Å²) in [6.45, 7) is 4.33. The number of hydrogen-bond donors (Lipinski definition) is 1. The molecule has 104 valence electrons. The fraction of sp³-hybridized carbons (Fsp3) is 0.562. The zero-order valence-corrected chi connectivity index (χ0v) is 12.6. The Balaban J connectivity index is 2.17. The summed E-state index contributed by atoms with van der Waals surface area (Å²) in [6.07, 6.45) is 6.60. The quantitative estimate of drug-likeness (QED) is 0.846. The molecule has 1 aliphatic carbocycles. The maximum atomic E-state index is 6.27. The number of aryl methyl sites for hydroxylation is 1. The van der Waals surface area contributed by atoms with Crippen LogP contribution in [0.2, 0.25) is 0 Å². The van der Waals surface area contributed by atoms with Crippen molar-refractivity contribution in [1.82, 2.24) is 0 Å². The molecule has 2 rings (SSSR count). The molecule has 3 heteroatoms. The lowest BCUT2D eigenvalue weighted by molar-refractivity contribution is 0.0897. The lowest BCUT2D eigenvalue weighted by Crippen LogP contribution is -2.30. The largest absolute Gasteiger partial charge is 0.490 e. The lowest BCUT2D eigenvalue weighted by atomic mass is 9.84. The molecule has 1 saturated carbocycles. The van der Waals surface area contributed by atoms with Crippen LogP contribution in [-0.2, 0) is 0 Å². The molecule has 1 fully saturated rings. The second-order valence-electron chi connectivity index (χ2n) is 5.45. The van der Waals surface area contributed by atoms with E-state index in [4.69, 9.17) is 22.7 Å². The molecular weight excluding hydrogens is 254 g/mol. The van der Waals surface area contributed by atoms with E-state index in [1.165, 1.54) is 25.7 Å². The van der Waals surface area contributed by atoms with Gasteiger partial charge >= 0.3 is 0 Å². The number of nitrogens with two attached hydrogens (primary N) is 1. The maximum Gasteiger partial charge on any atom is 0.123 e. The van der Waals surface area contributed by atoms with E-state index in [0.29, 0.717) is 17.0 Å². The first-order valence-corrected chi connectivity index (χ1v) is 7.59. The van der Waals surface area contributed by atoms with E-state index >= 15 is 0 Å². The monoisotopic (exact) mass is 277 g/mol. The summed E-state index contributed by atoms with van der Waals surface area (Å²) < 4.78 is 6.27. The Morgan fingerprint density at radius 1 is 1.37 bits per heavy atom. The Morgan fingerprint density at radius 2 is 2.11 bits per heavy atom. The Bertz CT molecular complexity index is 458. The number of ether oxygens (including phenoxy) is 1. The second kappa shape index (κ2) is 6.38. The van der Waals surface area contributed by atoms with Crippen molar-refractivity contribution >= 4 is 17.2 Å². The Morgan fingerprint density at radius 3 is 2.79 bits per heavy atom. The average Bonchev–Trinajstić information content (AvgIpc) is 2.41. The highest BCUT2D eigenvalue weighted by atomic mass is 32.1. The third-order valence-electron chi connectivity index (χ3n) is 4.11. The van der Waals surface area contributed by atoms with Crippen LogP contribution in [0.5, 0.6) is 5.75 Å². The van der Waals surface area contributed by atoms with Crippen molar-refractivity contribution in [3.05, 3.63) is 29.3 Å². The highest BCUT2D eigenvalue weighted by Gasteiger charge is 2.25. The highest BCUT2D eigenvalue weighted by Crippen LogP contribution is 2.32. The van der Waals surface area contributed by atoms with Crippen LogP contribution in [0.15, 0.2) is 18.2 Å². The molecule has 1 aromatic carbocycles. The van der Waals surface area contributed by atoms with Gasteiger partial charge in [0.25, 0.3) is 0 Å². The summed E-state index contributed by atoms with van der Waals surface area (Å²) in [6, 6.07) is 5.98. The summed E-state index contributed by atoms with van der Waals surface area (Å²) in [5.74, 6) is 1.62. The van der Waals surface area contributed by atoms with Crippen molar-refractivity contribution in [3.63, 3.8) is 0 Å². The van der Waals surface area contributed by atoms with Crippen molar-refractivity contribution in [2.45, 2.75) is 52.1 Å². The molecule has 2 N–H and O–H groups in total. The van der Waals surface area contributed by atoms with Gasteiger partial charge in [-0.05, 0) is 50.2 Å². The van der Waals surface area contributed by atoms with Crippen molar-refractivity contribution < 1.29 is 4.74 Å². The van der Waals surface area contributed by atoms with E-state index in [9.17, 15) is 0 Å². The van der Waals surface area contributed by atoms with Gasteiger partial charge in [-0.3, -0.25) is 0 Å². The highest BCUT2D eigenvalue weighted by molar-refractivity contribution is 7.80. The molecular formula is C16H23NOS. The Kier molecular flexibility index (Phi) is 4.81. The van der Waals surface area contributed by atoms with Gasteiger partial charge in [-0.15, -0.1) is 0 Å². The third-order valence-corrected chi connectivity index (χ3v) is 4.35. The van der Waals surface area contributed by atoms with Crippen LogP contribution >= 0.6 is 12.2 Å². The molecule has 19 heavy (non-hydrogen) atoms. The first-order valence-electron chi connectivity index (χ1n) is 7.19. The number of rotatable bonds is 4. The first kappa shape index (κ1) is 14.3. The molecule has 0 aliphatic heterocycles. The van der Waals surface area contributed by atoms with Gasteiger partial charge in [0.15, 0.2) is 0 Å². The van der Waals surface area contributed by atoms with Crippen LogP contribution in [0, 0.1) is 12.8 Å². The van der Waals surface area contributed by atoms with E-state index in [2.05, 4.69) is 13.8 Å². The molecule has 0 bridgehead atoms. The van der Waals surface area contributed by atoms with Crippen molar-refractivity contribution in [1.29, 1.82) is 0 Å². The zero-order valence-electron chi connectivity index (χ0n) is 11.8. The van der Waals surface area contributed by atoms with Crippen LogP contribution < -0.4 is 10.5 Å². The minimum Gasteiger partial charge on any atom is -0.490 e. The molecule has 0 amide bonds. The molecule has 2 atom stereocenters. The minimum absolute atomic E-state index is 0.346. The molecule has 1 aliphatic rings. The predicted molar refractivity (Wildman–Crippen MR) is 83.7 cm³/mol. The van der Waals surface area contributed by atoms with Gasteiger partial charge in [0.05, 0.1) is 0 Å². The fourth-order valence-electron chi connectivity index (χ4n) is 2.84. The summed E-state index contributed by atoms with van der Waals surface area (Å²) in [7, 11) is 0. The smallest absolute Gasteiger partial charge is 0.123 e. The van der Waals surface area contributed by atoms with Gasteiger partial charge in [-0.25, -0.2) is 0 Å². The van der Waals surface area contributed by atoms with Gasteiger partial charge in [0.1, 0.15) is 16.8 Å². The predicted octanol–water partition coefficient (Wildman–Crippen LogP) is 3.98. The van der Waals surface area contributed by atoms with E-state index in [1.807, 2.05) is 18.2 Å². The molecule has 1 aromatic rings. The average molecular weight is 277 g/mol. The molecule has 2 nitrogen and oxygen atoms in total. The number of benzene rings is 1. The van der Waals surface area contributed by atoms with Gasteiger partial charge in [0.2, 0.25) is 0 Å². The van der Waals surface area contributed by atoms with Crippen LogP contribution in [0.1, 0.15) is 50.2 Å². The van der Waals surface area contributed by atoms with E-state index < -0.39 is 0 Å². The van der Waals surface area contributed by atoms with Crippen molar-refractivity contribution in [2.75, 3.05) is 0 Å². The lowest BCUT2D eigenvalue weighted by Gasteiger charge is -2.31. The van der Waals surface area contributed by atoms with E-state index in [0.717, 1.165) is 23.3 Å². The third kappa shape index (κ3) is 3.47. The molecule has 0 spiro atoms. The zero-order chi connectivity index (χ0) is 13.8. The van der Waals surface area contributed by atoms with Crippen LogP contribution in [0.25, 0.3) is 0 Å². The molecule has 2 unspecified atom stereocenters. The summed E-state index contributed by atoms with van der Waals surface area (Å²) in [5.41, 5.74) is 7.74. The van der Waals surface area contributed by atoms with Crippen molar-refractivity contribution in [3.8, 4) is 5.75 Å². The number of thiocarbonyl (C=S) groups is 1. The first-order chi connectivity index (χ1) is 9.11. The normalized spacial score (nSPS) is 23.1. The van der Waals surface area contributed by atoms with E-state index in [1.54, 1.807) is 0 Å². The standard InChI is InChI=1S/C16H23NOS/c1-3-12-6-4-5-7-14(12)18-15-10-13(16(17)19)9-8-11(15)2/h8-10,12,14H,3-7H2,1-2H3,(H2,17,19). The van der Waals surface area contributed by atoms with Crippen LogP contribution in [-0.4, -0.2) is 11.1 Å². The van der Waals surface area contributed by atoms with Crippen LogP contribution in [0.3, 0.4) is 0 Å². The summed E-state index contributed by atoms with van der Waals surface area (Å²) >= 11 is 5.04. The van der Waals surface area contributed by atoms with Gasteiger partial charge in [-0.1, -0.05) is 37.7 Å². The second-order valence-corrected chi connectivity index (χ2v) is 5.89. The van der Waals surface area contributed by atoms with Crippen molar-refractivity contribution in [2.24, 2.45) is 11.7 Å². The summed E-state index contributed by atoms with van der Waals surface area (Å²) in [5, 5.41) is 0. The SMILES string of the molecule is CCC1CCCCC1Oc1cc(C(N)=S)ccc1C. The fourth-order valence-corrected chi connectivity index (χ4v) is 2.97. The van der Waals surface area contributed by atoms with E-state index in [-0.39, 0.29) is 0 Å². The molecule has 0 radical (unpaired) electrons. The van der Waals surface area contributed by atoms with Gasteiger partial charge in [-0.2, -0.15) is 0 Å². The van der Waals surface area contributed by atoms with Gasteiger partial charge < -0.3 is 10.5 Å². The molecule has 0 saturated heterocycles. The van der Waals surface area contributed by atoms with Gasteiger partial charge in [0, 0.05) is 5.56 Å². The summed E-state index contributed by atoms with van der Waals surface area (Å²) in [4.78, 5) is 0.431. The van der Waals surface area contributed by atoms with Crippen LogP contribution in [0.4, 0.5) is 0 Å². The Labute approximate surface area is 121 Å². The Hall–Kier alpha value is -1.09. The minimum atomic E-state index is 0.346.